The minimum Gasteiger partial charge on any atom is -0.489 e. The van der Waals surface area contributed by atoms with Gasteiger partial charge in [-0.25, -0.2) is 0 Å². The van der Waals surface area contributed by atoms with E-state index in [1.165, 1.54) is 0 Å². The average Bonchev–Trinajstić information content (AvgIpc) is 2.98. The van der Waals surface area contributed by atoms with Gasteiger partial charge in [-0.3, -0.25) is 4.90 Å². The Balaban J connectivity index is 1.79. The monoisotopic (exact) mass is 286 g/mol. The molecule has 110 valence electrons. The first-order chi connectivity index (χ1) is 10.2. The quantitative estimate of drug-likeness (QED) is 0.843. The summed E-state index contributed by atoms with van der Waals surface area (Å²) in [5.74, 6) is 1.34. The largest absolute Gasteiger partial charge is 0.489 e. The van der Waals surface area contributed by atoms with Crippen molar-refractivity contribution in [2.24, 2.45) is 0 Å². The molecule has 0 aliphatic rings. The molecule has 0 bridgehead atoms. The predicted molar refractivity (Wildman–Crippen MR) is 77.7 cm³/mol. The van der Waals surface area contributed by atoms with Crippen LogP contribution in [-0.2, 0) is 6.54 Å². The van der Waals surface area contributed by atoms with Gasteiger partial charge < -0.3 is 14.3 Å². The Morgan fingerprint density at radius 2 is 2.14 bits per heavy atom. The first kappa shape index (κ1) is 15.1. The van der Waals surface area contributed by atoms with Crippen LogP contribution in [0.3, 0.4) is 0 Å². The summed E-state index contributed by atoms with van der Waals surface area (Å²) >= 11 is 0. The number of hydrogen-bond donors (Lipinski definition) is 1. The fourth-order valence-electron chi connectivity index (χ4n) is 2.02. The SMILES string of the molecule is CN(Cc1ccco1)CC(O)COc1ccccc1C#N. The number of aliphatic hydroxyl groups is 1. The number of ether oxygens (including phenoxy) is 1. The van der Waals surface area contributed by atoms with Gasteiger partial charge in [0.1, 0.15) is 30.3 Å². The van der Waals surface area contributed by atoms with E-state index in [4.69, 9.17) is 14.4 Å². The van der Waals surface area contributed by atoms with Crippen molar-refractivity contribution in [2.75, 3.05) is 20.2 Å². The smallest absolute Gasteiger partial charge is 0.137 e. The van der Waals surface area contributed by atoms with E-state index >= 15 is 0 Å². The van der Waals surface area contributed by atoms with Crippen LogP contribution in [0, 0.1) is 11.3 Å². The third-order valence-electron chi connectivity index (χ3n) is 2.97. The van der Waals surface area contributed by atoms with Gasteiger partial charge in [0.25, 0.3) is 0 Å². The summed E-state index contributed by atoms with van der Waals surface area (Å²) in [6, 6.07) is 12.8. The number of nitriles is 1. The Bertz CT molecular complexity index is 590. The highest BCUT2D eigenvalue weighted by Crippen LogP contribution is 2.16. The zero-order chi connectivity index (χ0) is 15.1. The van der Waals surface area contributed by atoms with E-state index in [-0.39, 0.29) is 6.61 Å². The predicted octanol–water partition coefficient (Wildman–Crippen LogP) is 2.02. The molecule has 0 fully saturated rings. The molecule has 1 aromatic carbocycles. The van der Waals surface area contributed by atoms with Crippen LogP contribution in [0.5, 0.6) is 5.75 Å². The third kappa shape index (κ3) is 4.63. The van der Waals surface area contributed by atoms with Crippen molar-refractivity contribution < 1.29 is 14.3 Å². The lowest BCUT2D eigenvalue weighted by Crippen LogP contribution is -2.32. The standard InChI is InChI=1S/C16H18N2O3/c1-18(11-15-6-4-8-20-15)10-14(19)12-21-16-7-3-2-5-13(16)9-17/h2-8,14,19H,10-12H2,1H3. The zero-order valence-corrected chi connectivity index (χ0v) is 11.9. The molecule has 1 heterocycles. The maximum Gasteiger partial charge on any atom is 0.137 e. The van der Waals surface area contributed by atoms with Gasteiger partial charge in [-0.1, -0.05) is 12.1 Å². The van der Waals surface area contributed by atoms with E-state index in [0.29, 0.717) is 24.4 Å². The maximum absolute atomic E-state index is 9.99. The van der Waals surface area contributed by atoms with Crippen LogP contribution < -0.4 is 4.74 Å². The molecular weight excluding hydrogens is 268 g/mol. The van der Waals surface area contributed by atoms with Crippen LogP contribution in [0.25, 0.3) is 0 Å². The molecule has 2 rings (SSSR count). The van der Waals surface area contributed by atoms with Gasteiger partial charge in [-0.2, -0.15) is 5.26 Å². The Morgan fingerprint density at radius 3 is 2.86 bits per heavy atom. The molecule has 5 nitrogen and oxygen atoms in total. The van der Waals surface area contributed by atoms with Crippen molar-refractivity contribution in [3.63, 3.8) is 0 Å². The van der Waals surface area contributed by atoms with Crippen molar-refractivity contribution in [3.05, 3.63) is 54.0 Å². The fraction of sp³-hybridized carbons (Fsp3) is 0.312. The van der Waals surface area contributed by atoms with Crippen LogP contribution in [0.15, 0.2) is 47.1 Å². The number of para-hydroxylation sites is 1. The van der Waals surface area contributed by atoms with Crippen LogP contribution in [-0.4, -0.2) is 36.3 Å². The van der Waals surface area contributed by atoms with Crippen molar-refractivity contribution in [3.8, 4) is 11.8 Å². The molecule has 0 radical (unpaired) electrons. The molecule has 0 amide bonds. The van der Waals surface area contributed by atoms with Gasteiger partial charge in [-0.05, 0) is 31.3 Å². The van der Waals surface area contributed by atoms with Gasteiger partial charge >= 0.3 is 0 Å². The second kappa shape index (κ2) is 7.48. The first-order valence-electron chi connectivity index (χ1n) is 6.70. The van der Waals surface area contributed by atoms with E-state index in [1.807, 2.05) is 24.1 Å². The summed E-state index contributed by atoms with van der Waals surface area (Å²) in [7, 11) is 1.90. The number of hydrogen-bond acceptors (Lipinski definition) is 5. The summed E-state index contributed by atoms with van der Waals surface area (Å²) in [4.78, 5) is 1.95. The lowest BCUT2D eigenvalue weighted by Gasteiger charge is -2.20. The van der Waals surface area contributed by atoms with E-state index < -0.39 is 6.10 Å². The molecule has 0 spiro atoms. The van der Waals surface area contributed by atoms with Crippen LogP contribution in [0.2, 0.25) is 0 Å². The first-order valence-corrected chi connectivity index (χ1v) is 6.70. The molecule has 0 saturated carbocycles. The second-order valence-corrected chi connectivity index (χ2v) is 4.85. The van der Waals surface area contributed by atoms with Crippen LogP contribution in [0.4, 0.5) is 0 Å². The second-order valence-electron chi connectivity index (χ2n) is 4.85. The molecule has 1 aromatic heterocycles. The van der Waals surface area contributed by atoms with E-state index in [0.717, 1.165) is 5.76 Å². The summed E-state index contributed by atoms with van der Waals surface area (Å²) in [6.45, 7) is 1.22. The average molecular weight is 286 g/mol. The van der Waals surface area contributed by atoms with Gasteiger partial charge in [0.05, 0.1) is 18.4 Å². The van der Waals surface area contributed by atoms with E-state index in [9.17, 15) is 5.11 Å². The van der Waals surface area contributed by atoms with Gasteiger partial charge in [0.15, 0.2) is 0 Å². The highest BCUT2D eigenvalue weighted by Gasteiger charge is 2.11. The third-order valence-corrected chi connectivity index (χ3v) is 2.97. The van der Waals surface area contributed by atoms with Crippen LogP contribution in [0.1, 0.15) is 11.3 Å². The van der Waals surface area contributed by atoms with E-state index in [2.05, 4.69) is 6.07 Å². The molecule has 1 unspecified atom stereocenters. The minimum absolute atomic E-state index is 0.140. The molecule has 5 heteroatoms. The molecule has 21 heavy (non-hydrogen) atoms. The van der Waals surface area contributed by atoms with Gasteiger partial charge in [0.2, 0.25) is 0 Å². The Kier molecular flexibility index (Phi) is 5.38. The number of furan rings is 1. The summed E-state index contributed by atoms with van der Waals surface area (Å²) in [6.07, 6.45) is 0.985. The lowest BCUT2D eigenvalue weighted by atomic mass is 10.2. The van der Waals surface area contributed by atoms with Crippen molar-refractivity contribution in [1.82, 2.24) is 4.90 Å². The summed E-state index contributed by atoms with van der Waals surface area (Å²) in [5.41, 5.74) is 0.466. The molecule has 0 saturated heterocycles. The van der Waals surface area contributed by atoms with Crippen molar-refractivity contribution in [2.45, 2.75) is 12.6 Å². The molecule has 0 aliphatic carbocycles. The number of nitrogens with zero attached hydrogens (tertiary/aromatic N) is 2. The Morgan fingerprint density at radius 1 is 1.33 bits per heavy atom. The zero-order valence-electron chi connectivity index (χ0n) is 11.9. The Hall–Kier alpha value is -2.29. The molecule has 1 atom stereocenters. The maximum atomic E-state index is 9.99. The lowest BCUT2D eigenvalue weighted by molar-refractivity contribution is 0.0724. The highest BCUT2D eigenvalue weighted by molar-refractivity contribution is 5.42. The van der Waals surface area contributed by atoms with Crippen molar-refractivity contribution in [1.29, 1.82) is 5.26 Å². The normalized spacial score (nSPS) is 12.1. The Labute approximate surface area is 124 Å². The fourth-order valence-corrected chi connectivity index (χ4v) is 2.02. The molecular formula is C16H18N2O3. The van der Waals surface area contributed by atoms with E-state index in [1.54, 1.807) is 30.5 Å². The topological polar surface area (TPSA) is 69.6 Å². The van der Waals surface area contributed by atoms with Gasteiger partial charge in [-0.15, -0.1) is 0 Å². The number of rotatable bonds is 7. The summed E-state index contributed by atoms with van der Waals surface area (Å²) < 4.78 is 10.8. The van der Waals surface area contributed by atoms with Crippen LogP contribution >= 0.6 is 0 Å². The molecule has 2 aromatic rings. The number of benzene rings is 1. The summed E-state index contributed by atoms with van der Waals surface area (Å²) in [5, 5.41) is 19.0. The molecule has 1 N–H and O–H groups in total. The highest BCUT2D eigenvalue weighted by atomic mass is 16.5. The van der Waals surface area contributed by atoms with Gasteiger partial charge in [0, 0.05) is 6.54 Å². The van der Waals surface area contributed by atoms with Crippen molar-refractivity contribution >= 4 is 0 Å². The number of likely N-dealkylation sites (N-methyl/N-ethyl adjacent to an activating group) is 1. The number of aliphatic hydroxyl groups excluding tert-OH is 1. The molecule has 0 aliphatic heterocycles. The minimum atomic E-state index is -0.642.